The lowest BCUT2D eigenvalue weighted by atomic mass is 10.0. The van der Waals surface area contributed by atoms with Crippen molar-refractivity contribution < 1.29 is 4.74 Å². The van der Waals surface area contributed by atoms with Crippen LogP contribution in [-0.2, 0) is 0 Å². The molecular formula is C13H15N3OS. The van der Waals surface area contributed by atoms with Gasteiger partial charge in [-0.1, -0.05) is 12.1 Å². The first-order chi connectivity index (χ1) is 8.86. The van der Waals surface area contributed by atoms with Crippen molar-refractivity contribution in [2.75, 3.05) is 7.05 Å². The number of rotatable bonds is 5. The Hall–Kier alpha value is -1.46. The molecule has 1 aromatic heterocycles. The molecule has 1 aliphatic carbocycles. The Bertz CT molecular complexity index is 511. The van der Waals surface area contributed by atoms with E-state index in [2.05, 4.69) is 26.2 Å². The van der Waals surface area contributed by atoms with Crippen molar-refractivity contribution in [2.24, 2.45) is 0 Å². The van der Waals surface area contributed by atoms with E-state index < -0.39 is 0 Å². The minimum Gasteiger partial charge on any atom is -0.490 e. The number of ether oxygens (including phenoxy) is 1. The van der Waals surface area contributed by atoms with E-state index in [1.807, 2.05) is 19.2 Å². The fourth-order valence-electron chi connectivity index (χ4n) is 1.93. The van der Waals surface area contributed by atoms with Gasteiger partial charge in [0.15, 0.2) is 0 Å². The van der Waals surface area contributed by atoms with Gasteiger partial charge in [0.05, 0.1) is 35.8 Å². The van der Waals surface area contributed by atoms with Gasteiger partial charge < -0.3 is 10.1 Å². The van der Waals surface area contributed by atoms with Crippen LogP contribution in [0, 0.1) is 0 Å². The van der Waals surface area contributed by atoms with E-state index in [1.54, 1.807) is 6.20 Å². The van der Waals surface area contributed by atoms with E-state index in [9.17, 15) is 0 Å². The molecule has 1 heterocycles. The summed E-state index contributed by atoms with van der Waals surface area (Å²) < 4.78 is 14.2. The average Bonchev–Trinajstić information content (AvgIpc) is 3.04. The van der Waals surface area contributed by atoms with E-state index in [4.69, 9.17) is 4.74 Å². The maximum Gasteiger partial charge on any atom is 0.120 e. The van der Waals surface area contributed by atoms with E-state index in [1.165, 1.54) is 24.6 Å². The number of nitrogens with one attached hydrogen (secondary N) is 1. The highest BCUT2D eigenvalue weighted by atomic mass is 32.1. The topological polar surface area (TPSA) is 47.0 Å². The number of hydrogen-bond donors (Lipinski definition) is 1. The molecular weight excluding hydrogens is 246 g/mol. The third-order valence-corrected chi connectivity index (χ3v) is 3.47. The van der Waals surface area contributed by atoms with Crippen LogP contribution in [0.15, 0.2) is 30.5 Å². The molecule has 5 heteroatoms. The van der Waals surface area contributed by atoms with E-state index in [0.717, 1.165) is 17.0 Å². The summed E-state index contributed by atoms with van der Waals surface area (Å²) in [5.41, 5.74) is 2.11. The number of benzene rings is 1. The van der Waals surface area contributed by atoms with Crippen molar-refractivity contribution in [3.8, 4) is 5.75 Å². The third kappa shape index (κ3) is 2.52. The zero-order valence-electron chi connectivity index (χ0n) is 10.2. The average molecular weight is 261 g/mol. The van der Waals surface area contributed by atoms with Gasteiger partial charge in [0, 0.05) is 0 Å². The largest absolute Gasteiger partial charge is 0.490 e. The van der Waals surface area contributed by atoms with Crippen LogP contribution in [0.25, 0.3) is 0 Å². The second-order valence-electron chi connectivity index (χ2n) is 4.44. The van der Waals surface area contributed by atoms with Gasteiger partial charge >= 0.3 is 0 Å². The SMILES string of the molecule is CNC(c1cccc(OC2CC2)c1)c1cnsn1. The van der Waals surface area contributed by atoms with Gasteiger partial charge in [0.25, 0.3) is 0 Å². The molecule has 3 rings (SSSR count). The first kappa shape index (κ1) is 11.6. The molecule has 1 unspecified atom stereocenters. The molecule has 1 fully saturated rings. The van der Waals surface area contributed by atoms with Crippen molar-refractivity contribution in [1.29, 1.82) is 0 Å². The smallest absolute Gasteiger partial charge is 0.120 e. The summed E-state index contributed by atoms with van der Waals surface area (Å²) in [5.74, 6) is 0.943. The molecule has 0 radical (unpaired) electrons. The molecule has 4 nitrogen and oxygen atoms in total. The fraction of sp³-hybridized carbons (Fsp3) is 0.385. The lowest BCUT2D eigenvalue weighted by molar-refractivity contribution is 0.302. The van der Waals surface area contributed by atoms with Crippen LogP contribution < -0.4 is 10.1 Å². The van der Waals surface area contributed by atoms with Crippen molar-refractivity contribution in [3.05, 3.63) is 41.7 Å². The minimum atomic E-state index is 0.0755. The molecule has 1 saturated carbocycles. The normalized spacial score (nSPS) is 16.5. The molecule has 1 N–H and O–H groups in total. The maximum atomic E-state index is 5.82. The highest BCUT2D eigenvalue weighted by Crippen LogP contribution is 2.29. The summed E-state index contributed by atoms with van der Waals surface area (Å²) >= 11 is 1.23. The third-order valence-electron chi connectivity index (χ3n) is 2.98. The van der Waals surface area contributed by atoms with Crippen molar-refractivity contribution >= 4 is 11.7 Å². The monoisotopic (exact) mass is 261 g/mol. The predicted octanol–water partition coefficient (Wildman–Crippen LogP) is 2.39. The number of aromatic nitrogens is 2. The van der Waals surface area contributed by atoms with Gasteiger partial charge in [0.1, 0.15) is 5.75 Å². The van der Waals surface area contributed by atoms with Gasteiger partial charge in [-0.15, -0.1) is 0 Å². The van der Waals surface area contributed by atoms with Crippen LogP contribution >= 0.6 is 11.7 Å². The van der Waals surface area contributed by atoms with Crippen molar-refractivity contribution in [3.63, 3.8) is 0 Å². The molecule has 1 atom stereocenters. The zero-order chi connectivity index (χ0) is 12.4. The molecule has 94 valence electrons. The highest BCUT2D eigenvalue weighted by molar-refractivity contribution is 6.99. The zero-order valence-corrected chi connectivity index (χ0v) is 11.0. The Balaban J connectivity index is 1.84. The second-order valence-corrected chi connectivity index (χ2v) is 5.00. The van der Waals surface area contributed by atoms with Gasteiger partial charge in [0.2, 0.25) is 0 Å². The standard InChI is InChI=1S/C13H15N3OS/c1-14-13(12-8-15-18-16-12)9-3-2-4-11(7-9)17-10-5-6-10/h2-4,7-8,10,13-14H,5-6H2,1H3. The van der Waals surface area contributed by atoms with Crippen LogP contribution in [0.5, 0.6) is 5.75 Å². The van der Waals surface area contributed by atoms with Crippen LogP contribution in [0.1, 0.15) is 30.1 Å². The fourth-order valence-corrected chi connectivity index (χ4v) is 2.38. The van der Waals surface area contributed by atoms with Crippen LogP contribution in [0.2, 0.25) is 0 Å². The van der Waals surface area contributed by atoms with Crippen LogP contribution in [0.3, 0.4) is 0 Å². The van der Waals surface area contributed by atoms with Gasteiger partial charge in [-0.25, -0.2) is 0 Å². The predicted molar refractivity (Wildman–Crippen MR) is 70.9 cm³/mol. The minimum absolute atomic E-state index is 0.0755. The maximum absolute atomic E-state index is 5.82. The molecule has 0 amide bonds. The summed E-state index contributed by atoms with van der Waals surface area (Å²) in [6, 6.07) is 8.27. The Morgan fingerprint density at radius 3 is 3.00 bits per heavy atom. The van der Waals surface area contributed by atoms with Crippen molar-refractivity contribution in [2.45, 2.75) is 25.0 Å². The lowest BCUT2D eigenvalue weighted by Gasteiger charge is -2.15. The number of nitrogens with zero attached hydrogens (tertiary/aromatic N) is 2. The molecule has 1 aliphatic rings. The van der Waals surface area contributed by atoms with Crippen LogP contribution in [-0.4, -0.2) is 21.9 Å². The lowest BCUT2D eigenvalue weighted by Crippen LogP contribution is -2.18. The number of hydrogen-bond acceptors (Lipinski definition) is 5. The highest BCUT2D eigenvalue weighted by Gasteiger charge is 2.24. The molecule has 0 bridgehead atoms. The summed E-state index contributed by atoms with van der Waals surface area (Å²) in [5, 5.41) is 3.27. The summed E-state index contributed by atoms with van der Waals surface area (Å²) in [6.07, 6.45) is 4.58. The van der Waals surface area contributed by atoms with Gasteiger partial charge in [-0.3, -0.25) is 0 Å². The van der Waals surface area contributed by atoms with Gasteiger partial charge in [-0.05, 0) is 37.6 Å². The van der Waals surface area contributed by atoms with E-state index >= 15 is 0 Å². The molecule has 0 saturated heterocycles. The van der Waals surface area contributed by atoms with Crippen LogP contribution in [0.4, 0.5) is 0 Å². The Morgan fingerprint density at radius 1 is 1.44 bits per heavy atom. The molecule has 1 aromatic carbocycles. The van der Waals surface area contributed by atoms with Gasteiger partial charge in [-0.2, -0.15) is 8.75 Å². The second kappa shape index (κ2) is 5.04. The Labute approximate surface area is 110 Å². The first-order valence-electron chi connectivity index (χ1n) is 6.08. The molecule has 2 aromatic rings. The molecule has 0 spiro atoms. The Kier molecular flexibility index (Phi) is 3.25. The molecule has 18 heavy (non-hydrogen) atoms. The van der Waals surface area contributed by atoms with E-state index in [-0.39, 0.29) is 6.04 Å². The molecule has 0 aliphatic heterocycles. The van der Waals surface area contributed by atoms with Crippen molar-refractivity contribution in [1.82, 2.24) is 14.1 Å². The summed E-state index contributed by atoms with van der Waals surface area (Å²) in [6.45, 7) is 0. The first-order valence-corrected chi connectivity index (χ1v) is 6.81. The Morgan fingerprint density at radius 2 is 2.33 bits per heavy atom. The summed E-state index contributed by atoms with van der Waals surface area (Å²) in [7, 11) is 1.93. The quantitative estimate of drug-likeness (QED) is 0.897. The summed E-state index contributed by atoms with van der Waals surface area (Å²) in [4.78, 5) is 0. The van der Waals surface area contributed by atoms with E-state index in [0.29, 0.717) is 6.10 Å².